The van der Waals surface area contributed by atoms with Crippen LogP contribution in [0.2, 0.25) is 0 Å². The van der Waals surface area contributed by atoms with Crippen LogP contribution in [0.4, 0.5) is 23.2 Å². The summed E-state index contributed by atoms with van der Waals surface area (Å²) in [4.78, 5) is 26.4. The van der Waals surface area contributed by atoms with Crippen molar-refractivity contribution in [2.45, 2.75) is 18.6 Å². The van der Waals surface area contributed by atoms with Crippen molar-refractivity contribution in [3.8, 4) is 0 Å². The quantitative estimate of drug-likeness (QED) is 0.775. The first kappa shape index (κ1) is 20.2. The van der Waals surface area contributed by atoms with Crippen molar-refractivity contribution in [2.75, 3.05) is 16.9 Å². The predicted octanol–water partition coefficient (Wildman–Crippen LogP) is 3.93. The molecule has 0 spiro atoms. The van der Waals surface area contributed by atoms with Gasteiger partial charge in [0, 0.05) is 5.75 Å². The lowest BCUT2D eigenvalue weighted by atomic mass is 10.1. The van der Waals surface area contributed by atoms with Gasteiger partial charge in [-0.15, -0.1) is 11.8 Å². The molecule has 1 aliphatic rings. The minimum Gasteiger partial charge on any atom is -0.322 e. The molecule has 3 rings (SSSR count). The van der Waals surface area contributed by atoms with E-state index in [1.54, 1.807) is 6.07 Å². The largest absolute Gasteiger partial charge is 0.416 e. The van der Waals surface area contributed by atoms with Gasteiger partial charge in [-0.05, 0) is 29.8 Å². The fraction of sp³-hybridized carbons (Fsp3) is 0.263. The predicted molar refractivity (Wildman–Crippen MR) is 98.1 cm³/mol. The van der Waals surface area contributed by atoms with E-state index in [2.05, 4.69) is 5.32 Å². The topological polar surface area (TPSA) is 49.4 Å². The van der Waals surface area contributed by atoms with E-state index in [0.29, 0.717) is 11.3 Å². The maximum Gasteiger partial charge on any atom is 0.416 e. The first-order valence-corrected chi connectivity index (χ1v) is 9.50. The third kappa shape index (κ3) is 4.64. The summed E-state index contributed by atoms with van der Waals surface area (Å²) >= 11 is 1.38. The van der Waals surface area contributed by atoms with E-state index in [9.17, 15) is 27.2 Å². The van der Waals surface area contributed by atoms with E-state index < -0.39 is 29.5 Å². The Morgan fingerprint density at radius 2 is 1.79 bits per heavy atom. The second-order valence-corrected chi connectivity index (χ2v) is 7.22. The SMILES string of the molecule is O=C(Nc1ccccc1F)C1CSCN1C(=O)Cc1ccc(C(F)(F)F)cc1. The Morgan fingerprint density at radius 3 is 2.43 bits per heavy atom. The van der Waals surface area contributed by atoms with Crippen molar-refractivity contribution in [1.29, 1.82) is 0 Å². The number of rotatable bonds is 4. The molecule has 1 fully saturated rings. The number of thioether (sulfide) groups is 1. The molecule has 28 heavy (non-hydrogen) atoms. The van der Waals surface area contributed by atoms with Crippen molar-refractivity contribution in [2.24, 2.45) is 0 Å². The summed E-state index contributed by atoms with van der Waals surface area (Å²) in [6.07, 6.45) is -4.56. The van der Waals surface area contributed by atoms with Crippen molar-refractivity contribution in [3.05, 3.63) is 65.5 Å². The van der Waals surface area contributed by atoms with Gasteiger partial charge in [0.25, 0.3) is 0 Å². The maximum absolute atomic E-state index is 13.7. The first-order chi connectivity index (χ1) is 13.3. The minimum absolute atomic E-state index is 0.0274. The standard InChI is InChI=1S/C19H16F4N2O2S/c20-14-3-1-2-4-15(14)24-18(27)16-10-28-11-25(16)17(26)9-12-5-7-13(8-6-12)19(21,22)23/h1-8,16H,9-11H2,(H,24,27). The highest BCUT2D eigenvalue weighted by atomic mass is 32.2. The van der Waals surface area contributed by atoms with Gasteiger partial charge in [-0.25, -0.2) is 4.39 Å². The van der Waals surface area contributed by atoms with E-state index in [0.717, 1.165) is 12.1 Å². The zero-order chi connectivity index (χ0) is 20.3. The summed E-state index contributed by atoms with van der Waals surface area (Å²) < 4.78 is 51.6. The number of carbonyl (C=O) groups is 2. The van der Waals surface area contributed by atoms with Gasteiger partial charge in [0.05, 0.1) is 23.5 Å². The molecule has 2 aromatic carbocycles. The lowest BCUT2D eigenvalue weighted by molar-refractivity contribution is -0.137. The molecular formula is C19H16F4N2O2S. The summed E-state index contributed by atoms with van der Waals surface area (Å²) in [5, 5.41) is 2.48. The normalized spacial score (nSPS) is 16.9. The number of anilines is 1. The molecule has 1 N–H and O–H groups in total. The lowest BCUT2D eigenvalue weighted by Crippen LogP contribution is -2.45. The van der Waals surface area contributed by atoms with Gasteiger partial charge >= 0.3 is 6.18 Å². The number of hydrogen-bond acceptors (Lipinski definition) is 3. The van der Waals surface area contributed by atoms with E-state index in [1.165, 1.54) is 47.0 Å². The molecule has 2 amide bonds. The molecule has 0 bridgehead atoms. The molecule has 0 aromatic heterocycles. The van der Waals surface area contributed by atoms with Crippen LogP contribution in [0.15, 0.2) is 48.5 Å². The Bertz CT molecular complexity index is 871. The Labute approximate surface area is 162 Å². The van der Waals surface area contributed by atoms with Gasteiger partial charge < -0.3 is 10.2 Å². The van der Waals surface area contributed by atoms with Crippen LogP contribution in [0, 0.1) is 5.82 Å². The Morgan fingerprint density at radius 1 is 1.11 bits per heavy atom. The maximum atomic E-state index is 13.7. The highest BCUT2D eigenvalue weighted by Crippen LogP contribution is 2.29. The van der Waals surface area contributed by atoms with Crippen LogP contribution in [0.5, 0.6) is 0 Å². The average molecular weight is 412 g/mol. The van der Waals surface area contributed by atoms with Crippen LogP contribution in [-0.4, -0.2) is 34.4 Å². The number of benzene rings is 2. The molecule has 9 heteroatoms. The van der Waals surface area contributed by atoms with Crippen molar-refractivity contribution < 1.29 is 27.2 Å². The van der Waals surface area contributed by atoms with Gasteiger partial charge in [0.1, 0.15) is 11.9 Å². The lowest BCUT2D eigenvalue weighted by Gasteiger charge is -2.23. The second kappa shape index (κ2) is 8.22. The minimum atomic E-state index is -4.44. The zero-order valence-corrected chi connectivity index (χ0v) is 15.3. The van der Waals surface area contributed by atoms with E-state index in [1.807, 2.05) is 0 Å². The average Bonchev–Trinajstić information content (AvgIpc) is 3.13. The molecule has 1 saturated heterocycles. The summed E-state index contributed by atoms with van der Waals surface area (Å²) in [6.45, 7) is 0. The molecule has 4 nitrogen and oxygen atoms in total. The number of carbonyl (C=O) groups excluding carboxylic acids is 2. The third-order valence-corrected chi connectivity index (χ3v) is 5.29. The fourth-order valence-corrected chi connectivity index (χ4v) is 3.95. The smallest absolute Gasteiger partial charge is 0.322 e. The molecule has 0 aliphatic carbocycles. The van der Waals surface area contributed by atoms with Gasteiger partial charge in [-0.3, -0.25) is 9.59 Å². The molecule has 1 atom stereocenters. The van der Waals surface area contributed by atoms with Crippen LogP contribution < -0.4 is 5.32 Å². The molecule has 148 valence electrons. The molecule has 2 aromatic rings. The highest BCUT2D eigenvalue weighted by molar-refractivity contribution is 7.99. The number of halogens is 4. The highest BCUT2D eigenvalue weighted by Gasteiger charge is 2.35. The van der Waals surface area contributed by atoms with Crippen molar-refractivity contribution in [1.82, 2.24) is 4.90 Å². The summed E-state index contributed by atoms with van der Waals surface area (Å²) in [6, 6.07) is 9.28. The van der Waals surface area contributed by atoms with Gasteiger partial charge in [0.15, 0.2) is 0 Å². The van der Waals surface area contributed by atoms with Crippen molar-refractivity contribution in [3.63, 3.8) is 0 Å². The van der Waals surface area contributed by atoms with E-state index in [4.69, 9.17) is 0 Å². The molecular weight excluding hydrogens is 396 g/mol. The van der Waals surface area contributed by atoms with Gasteiger partial charge in [0.2, 0.25) is 11.8 Å². The summed E-state index contributed by atoms with van der Waals surface area (Å²) in [7, 11) is 0. The van der Waals surface area contributed by atoms with Crippen molar-refractivity contribution >= 4 is 29.3 Å². The summed E-state index contributed by atoms with van der Waals surface area (Å²) in [5.41, 5.74) is -0.342. The van der Waals surface area contributed by atoms with Crippen LogP contribution >= 0.6 is 11.8 Å². The van der Waals surface area contributed by atoms with Crippen LogP contribution in [-0.2, 0) is 22.2 Å². The number of para-hydroxylation sites is 1. The Hall–Kier alpha value is -2.55. The van der Waals surface area contributed by atoms with Crippen LogP contribution in [0.3, 0.4) is 0 Å². The third-order valence-electron chi connectivity index (χ3n) is 4.27. The number of hydrogen-bond donors (Lipinski definition) is 1. The van der Waals surface area contributed by atoms with E-state index in [-0.39, 0.29) is 23.9 Å². The Kier molecular flexibility index (Phi) is 5.93. The number of nitrogens with one attached hydrogen (secondary N) is 1. The van der Waals surface area contributed by atoms with E-state index >= 15 is 0 Å². The fourth-order valence-electron chi connectivity index (χ4n) is 2.77. The molecule has 0 saturated carbocycles. The van der Waals surface area contributed by atoms with Gasteiger partial charge in [-0.2, -0.15) is 13.2 Å². The summed E-state index contributed by atoms with van der Waals surface area (Å²) in [5.74, 6) is -0.813. The second-order valence-electron chi connectivity index (χ2n) is 6.22. The molecule has 1 unspecified atom stereocenters. The first-order valence-electron chi connectivity index (χ1n) is 8.34. The number of amides is 2. The monoisotopic (exact) mass is 412 g/mol. The number of nitrogens with zero attached hydrogens (tertiary/aromatic N) is 1. The zero-order valence-electron chi connectivity index (χ0n) is 14.5. The Balaban J connectivity index is 1.66. The molecule has 0 radical (unpaired) electrons. The molecule has 1 heterocycles. The number of alkyl halides is 3. The van der Waals surface area contributed by atoms with Crippen LogP contribution in [0.25, 0.3) is 0 Å². The van der Waals surface area contributed by atoms with Crippen LogP contribution in [0.1, 0.15) is 11.1 Å². The molecule has 1 aliphatic heterocycles. The van der Waals surface area contributed by atoms with Gasteiger partial charge in [-0.1, -0.05) is 24.3 Å².